The van der Waals surface area contributed by atoms with Gasteiger partial charge >= 0.3 is 11.9 Å². The SMILES string of the molecule is C[C@]12CC(c3ccoc3)OC(=O)C1CCC13COC(=O)[C@@H]1C=CCC32. The third-order valence-corrected chi connectivity index (χ3v) is 7.32. The van der Waals surface area contributed by atoms with Crippen LogP contribution in [0.4, 0.5) is 0 Å². The highest BCUT2D eigenvalue weighted by atomic mass is 16.5. The van der Waals surface area contributed by atoms with Gasteiger partial charge in [0.1, 0.15) is 6.10 Å². The summed E-state index contributed by atoms with van der Waals surface area (Å²) in [5.74, 6) is -0.218. The van der Waals surface area contributed by atoms with Crippen LogP contribution < -0.4 is 0 Å². The minimum atomic E-state index is -0.273. The minimum Gasteiger partial charge on any atom is -0.472 e. The first kappa shape index (κ1) is 15.2. The summed E-state index contributed by atoms with van der Waals surface area (Å²) < 4.78 is 16.4. The number of allylic oxidation sites excluding steroid dienone is 1. The second-order valence-electron chi connectivity index (χ2n) is 8.32. The van der Waals surface area contributed by atoms with E-state index in [4.69, 9.17) is 13.9 Å². The third-order valence-electron chi connectivity index (χ3n) is 7.32. The summed E-state index contributed by atoms with van der Waals surface area (Å²) in [5.41, 5.74) is 0.552. The molecule has 0 N–H and O–H groups in total. The van der Waals surface area contributed by atoms with E-state index in [-0.39, 0.29) is 46.6 Å². The van der Waals surface area contributed by atoms with E-state index in [2.05, 4.69) is 13.0 Å². The topological polar surface area (TPSA) is 65.7 Å². The number of carbonyl (C=O) groups is 2. The van der Waals surface area contributed by atoms with Crippen molar-refractivity contribution in [3.05, 3.63) is 36.3 Å². The molecule has 1 aromatic heterocycles. The van der Waals surface area contributed by atoms with Gasteiger partial charge in [-0.1, -0.05) is 19.1 Å². The molecule has 3 heterocycles. The number of ether oxygens (including phenoxy) is 2. The van der Waals surface area contributed by atoms with E-state index in [0.29, 0.717) is 6.61 Å². The van der Waals surface area contributed by atoms with Gasteiger partial charge in [0.15, 0.2) is 0 Å². The van der Waals surface area contributed by atoms with Gasteiger partial charge in [-0.15, -0.1) is 0 Å². The molecule has 2 aliphatic carbocycles. The smallest absolute Gasteiger partial charge is 0.313 e. The van der Waals surface area contributed by atoms with E-state index in [0.717, 1.165) is 31.2 Å². The molecule has 5 nitrogen and oxygen atoms in total. The maximum atomic E-state index is 12.8. The predicted octanol–water partition coefficient (Wildman–Crippen LogP) is 3.42. The molecule has 1 spiro atoms. The van der Waals surface area contributed by atoms with Crippen molar-refractivity contribution in [2.24, 2.45) is 28.6 Å². The van der Waals surface area contributed by atoms with E-state index < -0.39 is 0 Å². The van der Waals surface area contributed by atoms with Crippen molar-refractivity contribution in [1.29, 1.82) is 0 Å². The highest BCUT2D eigenvalue weighted by Gasteiger charge is 2.66. The Kier molecular flexibility index (Phi) is 3.04. The fraction of sp³-hybridized carbons (Fsp3) is 0.600. The van der Waals surface area contributed by atoms with Crippen LogP contribution in [0.25, 0.3) is 0 Å². The second kappa shape index (κ2) is 4.99. The summed E-state index contributed by atoms with van der Waals surface area (Å²) >= 11 is 0. The van der Waals surface area contributed by atoms with E-state index in [1.165, 1.54) is 0 Å². The van der Waals surface area contributed by atoms with Crippen LogP contribution in [0.1, 0.15) is 44.3 Å². The molecule has 0 aromatic carbocycles. The zero-order valence-electron chi connectivity index (χ0n) is 14.3. The lowest BCUT2D eigenvalue weighted by Crippen LogP contribution is -2.58. The average Bonchev–Trinajstić information content (AvgIpc) is 3.23. The number of hydrogen-bond acceptors (Lipinski definition) is 5. The van der Waals surface area contributed by atoms with Gasteiger partial charge in [0.2, 0.25) is 0 Å². The summed E-state index contributed by atoms with van der Waals surface area (Å²) in [6.45, 7) is 2.70. The van der Waals surface area contributed by atoms with Gasteiger partial charge in [-0.25, -0.2) is 0 Å². The molecule has 1 saturated carbocycles. The van der Waals surface area contributed by atoms with Crippen LogP contribution in [0.2, 0.25) is 0 Å². The van der Waals surface area contributed by atoms with Gasteiger partial charge in [0.25, 0.3) is 0 Å². The van der Waals surface area contributed by atoms with Crippen LogP contribution in [0.15, 0.2) is 35.2 Å². The summed E-state index contributed by atoms with van der Waals surface area (Å²) in [5, 5.41) is 0. The number of cyclic esters (lactones) is 2. The van der Waals surface area contributed by atoms with Crippen molar-refractivity contribution in [3.63, 3.8) is 0 Å². The minimum absolute atomic E-state index is 0.103. The standard InChI is InChI=1S/C20H22O5/c1-19-9-15(12-6-8-23-10-12)25-18(22)13(19)5-7-20-11-24-17(21)14(20)3-2-4-16(19)20/h2-3,6,8,10,13-16H,4-5,7,9,11H2,1H3/t13?,14-,15?,16?,19-,20?/m0/s1. The predicted molar refractivity (Wildman–Crippen MR) is 87.1 cm³/mol. The van der Waals surface area contributed by atoms with Crippen LogP contribution in [0.3, 0.4) is 0 Å². The van der Waals surface area contributed by atoms with Crippen LogP contribution >= 0.6 is 0 Å². The van der Waals surface area contributed by atoms with Crippen molar-refractivity contribution in [1.82, 2.24) is 0 Å². The van der Waals surface area contributed by atoms with E-state index >= 15 is 0 Å². The van der Waals surface area contributed by atoms with Gasteiger partial charge in [-0.3, -0.25) is 9.59 Å². The lowest BCUT2D eigenvalue weighted by molar-refractivity contribution is -0.195. The maximum Gasteiger partial charge on any atom is 0.313 e. The highest BCUT2D eigenvalue weighted by Crippen LogP contribution is 2.66. The molecule has 2 saturated heterocycles. The van der Waals surface area contributed by atoms with Gasteiger partial charge in [0, 0.05) is 11.0 Å². The van der Waals surface area contributed by atoms with Crippen LogP contribution in [0, 0.1) is 28.6 Å². The van der Waals surface area contributed by atoms with Gasteiger partial charge in [0.05, 0.1) is 31.0 Å². The Labute approximate surface area is 146 Å². The Balaban J connectivity index is 1.56. The summed E-state index contributed by atoms with van der Waals surface area (Å²) in [4.78, 5) is 25.1. The molecular weight excluding hydrogens is 320 g/mol. The van der Waals surface area contributed by atoms with Crippen molar-refractivity contribution >= 4 is 11.9 Å². The molecule has 6 atom stereocenters. The van der Waals surface area contributed by atoms with Crippen LogP contribution in [0.5, 0.6) is 0 Å². The number of carbonyl (C=O) groups excluding carboxylic acids is 2. The molecule has 0 bridgehead atoms. The van der Waals surface area contributed by atoms with Crippen molar-refractivity contribution in [2.45, 2.75) is 38.7 Å². The highest BCUT2D eigenvalue weighted by molar-refractivity contribution is 5.79. The van der Waals surface area contributed by atoms with Gasteiger partial charge < -0.3 is 13.9 Å². The van der Waals surface area contributed by atoms with Crippen LogP contribution in [-0.2, 0) is 19.1 Å². The van der Waals surface area contributed by atoms with E-state index in [1.54, 1.807) is 12.5 Å². The molecule has 132 valence electrons. The molecule has 5 rings (SSSR count). The van der Waals surface area contributed by atoms with Crippen molar-refractivity contribution in [3.8, 4) is 0 Å². The number of esters is 2. The molecule has 0 amide bonds. The zero-order chi connectivity index (χ0) is 17.2. The second-order valence-corrected chi connectivity index (χ2v) is 8.32. The Morgan fingerprint density at radius 2 is 2.12 bits per heavy atom. The summed E-state index contributed by atoms with van der Waals surface area (Å²) in [6, 6.07) is 1.87. The molecule has 4 unspecified atom stereocenters. The molecule has 0 radical (unpaired) electrons. The fourth-order valence-corrected chi connectivity index (χ4v) is 6.09. The normalized spacial score (nSPS) is 45.2. The van der Waals surface area contributed by atoms with Crippen molar-refractivity contribution in [2.75, 3.05) is 6.61 Å². The number of hydrogen-bond donors (Lipinski definition) is 0. The monoisotopic (exact) mass is 342 g/mol. The molecule has 5 heteroatoms. The summed E-state index contributed by atoms with van der Waals surface area (Å²) in [6.07, 6.45) is 10.4. The van der Waals surface area contributed by atoms with Crippen molar-refractivity contribution < 1.29 is 23.5 Å². The number of furan rings is 1. The fourth-order valence-electron chi connectivity index (χ4n) is 6.09. The first-order chi connectivity index (χ1) is 12.0. The van der Waals surface area contributed by atoms with Gasteiger partial charge in [-0.2, -0.15) is 0 Å². The molecule has 1 aromatic rings. The van der Waals surface area contributed by atoms with Gasteiger partial charge in [-0.05, 0) is 43.1 Å². The zero-order valence-corrected chi connectivity index (χ0v) is 14.3. The summed E-state index contributed by atoms with van der Waals surface area (Å²) in [7, 11) is 0. The Bertz CT molecular complexity index is 750. The quantitative estimate of drug-likeness (QED) is 0.578. The molecule has 4 aliphatic rings. The van der Waals surface area contributed by atoms with E-state index in [1.807, 2.05) is 12.1 Å². The lowest BCUT2D eigenvalue weighted by Gasteiger charge is -2.59. The lowest BCUT2D eigenvalue weighted by atomic mass is 9.45. The third kappa shape index (κ3) is 1.89. The van der Waals surface area contributed by atoms with E-state index in [9.17, 15) is 9.59 Å². The largest absolute Gasteiger partial charge is 0.472 e. The Morgan fingerprint density at radius 1 is 1.24 bits per heavy atom. The number of rotatable bonds is 1. The Morgan fingerprint density at radius 3 is 2.92 bits per heavy atom. The Hall–Kier alpha value is -2.04. The molecule has 2 aliphatic heterocycles. The molecule has 25 heavy (non-hydrogen) atoms. The van der Waals surface area contributed by atoms with Crippen LogP contribution in [-0.4, -0.2) is 18.5 Å². The maximum absolute atomic E-state index is 12.8. The average molecular weight is 342 g/mol. The molecule has 3 fully saturated rings. The first-order valence-corrected chi connectivity index (χ1v) is 9.10. The number of fused-ring (bicyclic) bond motifs is 2. The first-order valence-electron chi connectivity index (χ1n) is 9.10. The molecular formula is C20H22O5.